The summed E-state index contributed by atoms with van der Waals surface area (Å²) in [5.74, 6) is 0.269. The van der Waals surface area contributed by atoms with Crippen LogP contribution in [0.1, 0.15) is 21.6 Å². The molecule has 5 rings (SSSR count). The van der Waals surface area contributed by atoms with Crippen molar-refractivity contribution in [1.82, 2.24) is 20.1 Å². The van der Waals surface area contributed by atoms with Crippen molar-refractivity contribution in [2.45, 2.75) is 13.5 Å². The van der Waals surface area contributed by atoms with Crippen LogP contribution in [0.2, 0.25) is 0 Å². The molecular formula is C28H23FN4O2. The van der Waals surface area contributed by atoms with E-state index in [0.717, 1.165) is 33.6 Å². The molecule has 174 valence electrons. The van der Waals surface area contributed by atoms with Gasteiger partial charge in [-0.15, -0.1) is 0 Å². The standard InChI is InChI=1S/C28H23FN4O2/c1-18-25(17-31-33(18)21-11-9-20(29)10-12-21)27-15-24(23-5-3-4-6-26(23)32-27)28(34)30-16-19-7-13-22(35-2)14-8-19/h3-15,17H,16H2,1-2H3,(H,30,34). The Kier molecular flexibility index (Phi) is 5.97. The van der Waals surface area contributed by atoms with E-state index in [2.05, 4.69) is 10.4 Å². The molecule has 0 aliphatic heterocycles. The molecule has 0 aliphatic carbocycles. The minimum Gasteiger partial charge on any atom is -0.497 e. The number of nitrogens with zero attached hydrogens (tertiary/aromatic N) is 3. The van der Waals surface area contributed by atoms with Crippen LogP contribution in [0, 0.1) is 12.7 Å². The van der Waals surface area contributed by atoms with Crippen LogP contribution in [-0.4, -0.2) is 27.8 Å². The topological polar surface area (TPSA) is 69.0 Å². The summed E-state index contributed by atoms with van der Waals surface area (Å²) in [6, 6.07) is 23.1. The number of ether oxygens (including phenoxy) is 1. The quantitative estimate of drug-likeness (QED) is 0.360. The van der Waals surface area contributed by atoms with E-state index < -0.39 is 0 Å². The first-order chi connectivity index (χ1) is 17.0. The number of nitrogens with one attached hydrogen (secondary N) is 1. The van der Waals surface area contributed by atoms with Gasteiger partial charge in [0.1, 0.15) is 11.6 Å². The van der Waals surface area contributed by atoms with Gasteiger partial charge in [-0.2, -0.15) is 5.10 Å². The molecule has 35 heavy (non-hydrogen) atoms. The molecule has 0 unspecified atom stereocenters. The van der Waals surface area contributed by atoms with E-state index >= 15 is 0 Å². The predicted molar refractivity (Wildman–Crippen MR) is 133 cm³/mol. The summed E-state index contributed by atoms with van der Waals surface area (Å²) in [4.78, 5) is 18.1. The highest BCUT2D eigenvalue weighted by Crippen LogP contribution is 2.28. The summed E-state index contributed by atoms with van der Waals surface area (Å²) in [6.45, 7) is 2.31. The lowest BCUT2D eigenvalue weighted by Gasteiger charge is -2.11. The van der Waals surface area contributed by atoms with Crippen molar-refractivity contribution in [3.63, 3.8) is 0 Å². The summed E-state index contributed by atoms with van der Waals surface area (Å²) in [6.07, 6.45) is 1.72. The zero-order chi connectivity index (χ0) is 24.4. The van der Waals surface area contributed by atoms with Crippen molar-refractivity contribution in [1.29, 1.82) is 0 Å². The molecule has 1 amide bonds. The Morgan fingerprint density at radius 3 is 2.51 bits per heavy atom. The van der Waals surface area contributed by atoms with Gasteiger partial charge in [-0.1, -0.05) is 30.3 Å². The molecule has 7 heteroatoms. The molecule has 5 aromatic rings. The van der Waals surface area contributed by atoms with Gasteiger partial charge in [0.15, 0.2) is 0 Å². The number of rotatable bonds is 6. The fraction of sp³-hybridized carbons (Fsp3) is 0.107. The minimum atomic E-state index is -0.305. The lowest BCUT2D eigenvalue weighted by molar-refractivity contribution is 0.0952. The second-order valence-corrected chi connectivity index (χ2v) is 8.13. The fourth-order valence-electron chi connectivity index (χ4n) is 4.03. The second-order valence-electron chi connectivity index (χ2n) is 8.13. The van der Waals surface area contributed by atoms with E-state index in [0.29, 0.717) is 23.3 Å². The molecule has 0 atom stereocenters. The maximum atomic E-state index is 13.4. The van der Waals surface area contributed by atoms with Crippen LogP contribution >= 0.6 is 0 Å². The lowest BCUT2D eigenvalue weighted by atomic mass is 10.0. The van der Waals surface area contributed by atoms with Crippen LogP contribution < -0.4 is 10.1 Å². The SMILES string of the molecule is COc1ccc(CNC(=O)c2cc(-c3cnn(-c4ccc(F)cc4)c3C)nc3ccccc23)cc1. The maximum absolute atomic E-state index is 13.4. The van der Waals surface area contributed by atoms with E-state index in [1.807, 2.05) is 55.5 Å². The third kappa shape index (κ3) is 4.48. The highest BCUT2D eigenvalue weighted by Gasteiger charge is 2.17. The van der Waals surface area contributed by atoms with E-state index in [-0.39, 0.29) is 11.7 Å². The third-order valence-electron chi connectivity index (χ3n) is 5.93. The number of hydrogen-bond acceptors (Lipinski definition) is 4. The highest BCUT2D eigenvalue weighted by atomic mass is 19.1. The average Bonchev–Trinajstić information content (AvgIpc) is 3.28. The summed E-state index contributed by atoms with van der Waals surface area (Å²) in [7, 11) is 1.62. The van der Waals surface area contributed by atoms with E-state index in [4.69, 9.17) is 9.72 Å². The Morgan fingerprint density at radius 1 is 1.03 bits per heavy atom. The number of hydrogen-bond donors (Lipinski definition) is 1. The fourth-order valence-corrected chi connectivity index (χ4v) is 4.03. The average molecular weight is 467 g/mol. The van der Waals surface area contributed by atoms with Crippen LogP contribution in [-0.2, 0) is 6.54 Å². The van der Waals surface area contributed by atoms with Crippen LogP contribution in [0.4, 0.5) is 4.39 Å². The Labute approximate surface area is 202 Å². The Hall–Kier alpha value is -4.52. The van der Waals surface area contributed by atoms with Gasteiger partial charge in [-0.3, -0.25) is 4.79 Å². The number of para-hydroxylation sites is 1. The maximum Gasteiger partial charge on any atom is 0.252 e. The molecular weight excluding hydrogens is 443 g/mol. The number of pyridine rings is 1. The van der Waals surface area contributed by atoms with Gasteiger partial charge in [0.25, 0.3) is 5.91 Å². The van der Waals surface area contributed by atoms with Gasteiger partial charge in [0.2, 0.25) is 0 Å². The molecule has 6 nitrogen and oxygen atoms in total. The smallest absolute Gasteiger partial charge is 0.252 e. The molecule has 0 fully saturated rings. The van der Waals surface area contributed by atoms with Crippen LogP contribution in [0.15, 0.2) is 85.1 Å². The molecule has 0 saturated carbocycles. The predicted octanol–water partition coefficient (Wildman–Crippen LogP) is 5.47. The van der Waals surface area contributed by atoms with Gasteiger partial charge >= 0.3 is 0 Å². The van der Waals surface area contributed by atoms with Crippen LogP contribution in [0.5, 0.6) is 5.75 Å². The number of halogens is 1. The molecule has 1 N–H and O–H groups in total. The number of benzene rings is 3. The van der Waals surface area contributed by atoms with Crippen molar-refractivity contribution in [3.8, 4) is 22.7 Å². The molecule has 3 aromatic carbocycles. The summed E-state index contributed by atoms with van der Waals surface area (Å²) in [5.41, 5.74) is 5.24. The third-order valence-corrected chi connectivity index (χ3v) is 5.93. The monoisotopic (exact) mass is 466 g/mol. The highest BCUT2D eigenvalue weighted by molar-refractivity contribution is 6.07. The number of carbonyl (C=O) groups is 1. The second kappa shape index (κ2) is 9.38. The number of carbonyl (C=O) groups excluding carboxylic acids is 1. The minimum absolute atomic E-state index is 0.191. The first kappa shape index (κ1) is 22.3. The zero-order valence-corrected chi connectivity index (χ0v) is 19.3. The van der Waals surface area contributed by atoms with Gasteiger partial charge in [-0.05, 0) is 61.0 Å². The number of fused-ring (bicyclic) bond motifs is 1. The van der Waals surface area contributed by atoms with Crippen molar-refractivity contribution in [2.24, 2.45) is 0 Å². The zero-order valence-electron chi connectivity index (χ0n) is 19.3. The molecule has 0 saturated heterocycles. The Bertz CT molecular complexity index is 1510. The van der Waals surface area contributed by atoms with Gasteiger partial charge in [0, 0.05) is 17.5 Å². The number of methoxy groups -OCH3 is 1. The number of aromatic nitrogens is 3. The van der Waals surface area contributed by atoms with Gasteiger partial charge in [0.05, 0.1) is 41.5 Å². The Balaban J connectivity index is 1.49. The molecule has 0 radical (unpaired) electrons. The molecule has 2 aromatic heterocycles. The summed E-state index contributed by atoms with van der Waals surface area (Å²) in [5, 5.41) is 8.26. The summed E-state index contributed by atoms with van der Waals surface area (Å²) >= 11 is 0. The van der Waals surface area contributed by atoms with Crippen molar-refractivity contribution >= 4 is 16.8 Å². The first-order valence-corrected chi connectivity index (χ1v) is 11.2. The molecule has 2 heterocycles. The van der Waals surface area contributed by atoms with Crippen molar-refractivity contribution in [3.05, 3.63) is 108 Å². The van der Waals surface area contributed by atoms with Gasteiger partial charge in [-0.25, -0.2) is 14.1 Å². The molecule has 0 bridgehead atoms. The lowest BCUT2D eigenvalue weighted by Crippen LogP contribution is -2.23. The molecule has 0 aliphatic rings. The van der Waals surface area contributed by atoms with Crippen molar-refractivity contribution < 1.29 is 13.9 Å². The Morgan fingerprint density at radius 2 is 1.77 bits per heavy atom. The van der Waals surface area contributed by atoms with Crippen LogP contribution in [0.25, 0.3) is 27.8 Å². The summed E-state index contributed by atoms with van der Waals surface area (Å²) < 4.78 is 20.3. The largest absolute Gasteiger partial charge is 0.497 e. The van der Waals surface area contributed by atoms with E-state index in [9.17, 15) is 9.18 Å². The van der Waals surface area contributed by atoms with Crippen LogP contribution in [0.3, 0.4) is 0 Å². The number of amides is 1. The van der Waals surface area contributed by atoms with E-state index in [1.165, 1.54) is 12.1 Å². The van der Waals surface area contributed by atoms with Gasteiger partial charge < -0.3 is 10.1 Å². The van der Waals surface area contributed by atoms with E-state index in [1.54, 1.807) is 36.2 Å². The van der Waals surface area contributed by atoms with Crippen molar-refractivity contribution in [2.75, 3.05) is 7.11 Å². The first-order valence-electron chi connectivity index (χ1n) is 11.2. The molecule has 0 spiro atoms. The normalized spacial score (nSPS) is 10.9.